The highest BCUT2D eigenvalue weighted by Crippen LogP contribution is 2.33. The number of aryl methyl sites for hydroxylation is 1. The van der Waals surface area contributed by atoms with Crippen LogP contribution in [0.15, 0.2) is 54.7 Å². The van der Waals surface area contributed by atoms with Crippen LogP contribution in [0.1, 0.15) is 16.1 Å². The molecule has 1 aromatic heterocycles. The molecule has 1 amide bonds. The standard InChI is InChI=1S/C21H18ClN3O3/c1-13-10-14(22)2-4-17(13)25-21(26)18-11-16(6-7-23-18)24-15-3-5-19-20(12-15)28-9-8-27-19/h2-7,10-12H,8-9H2,1H3,(H,23,24)(H,25,26). The van der Waals surface area contributed by atoms with Gasteiger partial charge in [0.05, 0.1) is 0 Å². The van der Waals surface area contributed by atoms with Crippen LogP contribution in [0.3, 0.4) is 0 Å². The molecule has 2 heterocycles. The summed E-state index contributed by atoms with van der Waals surface area (Å²) in [5.74, 6) is 1.13. The lowest BCUT2D eigenvalue weighted by Crippen LogP contribution is -2.15. The zero-order chi connectivity index (χ0) is 19.5. The summed E-state index contributed by atoms with van der Waals surface area (Å²) in [6, 6.07) is 14.4. The van der Waals surface area contributed by atoms with E-state index >= 15 is 0 Å². The number of ether oxygens (including phenoxy) is 2. The Kier molecular flexibility index (Phi) is 5.04. The minimum Gasteiger partial charge on any atom is -0.486 e. The molecule has 0 unspecified atom stereocenters. The Balaban J connectivity index is 1.50. The highest BCUT2D eigenvalue weighted by atomic mass is 35.5. The summed E-state index contributed by atoms with van der Waals surface area (Å²) in [5.41, 5.74) is 3.45. The molecule has 3 aromatic rings. The van der Waals surface area contributed by atoms with Crippen LogP contribution in [-0.2, 0) is 0 Å². The van der Waals surface area contributed by atoms with E-state index in [-0.39, 0.29) is 5.91 Å². The second kappa shape index (κ2) is 7.78. The number of halogens is 1. The summed E-state index contributed by atoms with van der Waals surface area (Å²) in [7, 11) is 0. The molecule has 7 heteroatoms. The Hall–Kier alpha value is -3.25. The summed E-state index contributed by atoms with van der Waals surface area (Å²) >= 11 is 5.96. The number of hydrogen-bond acceptors (Lipinski definition) is 5. The van der Waals surface area contributed by atoms with E-state index in [2.05, 4.69) is 15.6 Å². The molecule has 1 aliphatic heterocycles. The largest absolute Gasteiger partial charge is 0.486 e. The molecule has 6 nitrogen and oxygen atoms in total. The number of nitrogens with one attached hydrogen (secondary N) is 2. The lowest BCUT2D eigenvalue weighted by atomic mass is 10.2. The van der Waals surface area contributed by atoms with Gasteiger partial charge in [-0.25, -0.2) is 0 Å². The molecule has 0 spiro atoms. The topological polar surface area (TPSA) is 72.5 Å². The molecule has 1 aliphatic rings. The highest BCUT2D eigenvalue weighted by molar-refractivity contribution is 6.30. The van der Waals surface area contributed by atoms with Crippen molar-refractivity contribution in [3.63, 3.8) is 0 Å². The van der Waals surface area contributed by atoms with Gasteiger partial charge >= 0.3 is 0 Å². The monoisotopic (exact) mass is 395 g/mol. The molecule has 0 fully saturated rings. The van der Waals surface area contributed by atoms with E-state index in [4.69, 9.17) is 21.1 Å². The van der Waals surface area contributed by atoms with Gasteiger partial charge in [-0.3, -0.25) is 9.78 Å². The molecule has 2 aromatic carbocycles. The van der Waals surface area contributed by atoms with E-state index in [9.17, 15) is 4.79 Å². The smallest absolute Gasteiger partial charge is 0.274 e. The van der Waals surface area contributed by atoms with E-state index in [0.717, 1.165) is 22.7 Å². The fourth-order valence-corrected chi connectivity index (χ4v) is 3.10. The molecule has 4 rings (SSSR count). The van der Waals surface area contributed by atoms with E-state index in [1.54, 1.807) is 36.5 Å². The summed E-state index contributed by atoms with van der Waals surface area (Å²) in [6.45, 7) is 2.96. The molecule has 0 radical (unpaired) electrons. The Morgan fingerprint density at radius 3 is 2.61 bits per heavy atom. The lowest BCUT2D eigenvalue weighted by Gasteiger charge is -2.19. The number of anilines is 3. The SMILES string of the molecule is Cc1cc(Cl)ccc1NC(=O)c1cc(Nc2ccc3c(c2)OCCO3)ccn1. The van der Waals surface area contributed by atoms with Gasteiger partial charge in [-0.1, -0.05) is 11.6 Å². The minimum atomic E-state index is -0.295. The molecule has 0 saturated heterocycles. The first-order chi connectivity index (χ1) is 13.6. The first-order valence-corrected chi connectivity index (χ1v) is 9.16. The van der Waals surface area contributed by atoms with Crippen LogP contribution in [-0.4, -0.2) is 24.1 Å². The first kappa shape index (κ1) is 18.1. The third kappa shape index (κ3) is 4.02. The van der Waals surface area contributed by atoms with Gasteiger partial charge in [-0.15, -0.1) is 0 Å². The minimum absolute atomic E-state index is 0.295. The van der Waals surface area contributed by atoms with Crippen molar-refractivity contribution in [2.75, 3.05) is 23.8 Å². The summed E-state index contributed by atoms with van der Waals surface area (Å²) in [5, 5.41) is 6.74. The van der Waals surface area contributed by atoms with Crippen molar-refractivity contribution in [1.29, 1.82) is 0 Å². The molecule has 2 N–H and O–H groups in total. The first-order valence-electron chi connectivity index (χ1n) is 8.79. The molecule has 0 saturated carbocycles. The second-order valence-electron chi connectivity index (χ2n) is 6.33. The second-order valence-corrected chi connectivity index (χ2v) is 6.76. The van der Waals surface area contributed by atoms with Gasteiger partial charge in [-0.2, -0.15) is 0 Å². The Bertz CT molecular complexity index is 1040. The van der Waals surface area contributed by atoms with Gasteiger partial charge in [0, 0.05) is 34.3 Å². The molecule has 28 heavy (non-hydrogen) atoms. The van der Waals surface area contributed by atoms with Crippen molar-refractivity contribution >= 4 is 34.6 Å². The van der Waals surface area contributed by atoms with Crippen LogP contribution in [0.5, 0.6) is 11.5 Å². The van der Waals surface area contributed by atoms with Crippen molar-refractivity contribution in [1.82, 2.24) is 4.98 Å². The number of carbonyl (C=O) groups excluding carboxylic acids is 1. The van der Waals surface area contributed by atoms with Crippen LogP contribution >= 0.6 is 11.6 Å². The van der Waals surface area contributed by atoms with Crippen LogP contribution in [0.25, 0.3) is 0 Å². The van der Waals surface area contributed by atoms with Gasteiger partial charge in [0.1, 0.15) is 18.9 Å². The van der Waals surface area contributed by atoms with E-state index in [1.807, 2.05) is 25.1 Å². The Morgan fingerprint density at radius 1 is 1.00 bits per heavy atom. The fraction of sp³-hybridized carbons (Fsp3) is 0.143. The highest BCUT2D eigenvalue weighted by Gasteiger charge is 2.13. The van der Waals surface area contributed by atoms with Crippen LogP contribution in [0.4, 0.5) is 17.1 Å². The average molecular weight is 396 g/mol. The van der Waals surface area contributed by atoms with E-state index in [1.165, 1.54) is 0 Å². The maximum atomic E-state index is 12.6. The average Bonchev–Trinajstić information content (AvgIpc) is 2.70. The number of hydrogen-bond donors (Lipinski definition) is 2. The number of rotatable bonds is 4. The third-order valence-electron chi connectivity index (χ3n) is 4.26. The zero-order valence-electron chi connectivity index (χ0n) is 15.2. The molecular formula is C21H18ClN3O3. The van der Waals surface area contributed by atoms with Crippen LogP contribution in [0, 0.1) is 6.92 Å². The number of fused-ring (bicyclic) bond motifs is 1. The Morgan fingerprint density at radius 2 is 1.79 bits per heavy atom. The maximum Gasteiger partial charge on any atom is 0.274 e. The van der Waals surface area contributed by atoms with Crippen molar-refractivity contribution in [2.24, 2.45) is 0 Å². The van der Waals surface area contributed by atoms with Gasteiger partial charge in [0.2, 0.25) is 0 Å². The number of amides is 1. The van der Waals surface area contributed by atoms with Crippen LogP contribution < -0.4 is 20.1 Å². The normalized spacial score (nSPS) is 12.4. The lowest BCUT2D eigenvalue weighted by molar-refractivity contribution is 0.102. The van der Waals surface area contributed by atoms with Crippen molar-refractivity contribution in [2.45, 2.75) is 6.92 Å². The number of aromatic nitrogens is 1. The quantitative estimate of drug-likeness (QED) is 0.663. The van der Waals surface area contributed by atoms with Gasteiger partial charge in [-0.05, 0) is 55.0 Å². The number of pyridine rings is 1. The fourth-order valence-electron chi connectivity index (χ4n) is 2.87. The van der Waals surface area contributed by atoms with Gasteiger partial charge < -0.3 is 20.1 Å². The number of benzene rings is 2. The molecule has 0 aliphatic carbocycles. The summed E-state index contributed by atoms with van der Waals surface area (Å²) in [4.78, 5) is 16.7. The maximum absolute atomic E-state index is 12.6. The van der Waals surface area contributed by atoms with Crippen molar-refractivity contribution in [3.05, 3.63) is 71.0 Å². The molecule has 142 valence electrons. The van der Waals surface area contributed by atoms with Crippen molar-refractivity contribution < 1.29 is 14.3 Å². The number of carbonyl (C=O) groups is 1. The molecule has 0 atom stereocenters. The predicted molar refractivity (Wildman–Crippen MR) is 109 cm³/mol. The number of nitrogens with zero attached hydrogens (tertiary/aromatic N) is 1. The summed E-state index contributed by atoms with van der Waals surface area (Å²) < 4.78 is 11.1. The van der Waals surface area contributed by atoms with Crippen LogP contribution in [0.2, 0.25) is 5.02 Å². The van der Waals surface area contributed by atoms with E-state index in [0.29, 0.717) is 35.4 Å². The van der Waals surface area contributed by atoms with Crippen molar-refractivity contribution in [3.8, 4) is 11.5 Å². The van der Waals surface area contributed by atoms with Gasteiger partial charge in [0.15, 0.2) is 11.5 Å². The zero-order valence-corrected chi connectivity index (χ0v) is 15.9. The third-order valence-corrected chi connectivity index (χ3v) is 4.50. The predicted octanol–water partition coefficient (Wildman–Crippen LogP) is 4.81. The molecular weight excluding hydrogens is 378 g/mol. The van der Waals surface area contributed by atoms with Gasteiger partial charge in [0.25, 0.3) is 5.91 Å². The summed E-state index contributed by atoms with van der Waals surface area (Å²) in [6.07, 6.45) is 1.59. The molecule has 0 bridgehead atoms. The Labute approximate surface area is 167 Å². The van der Waals surface area contributed by atoms with E-state index < -0.39 is 0 Å².